The van der Waals surface area contributed by atoms with Gasteiger partial charge in [0.2, 0.25) is 0 Å². The smallest absolute Gasteiger partial charge is 0.00966 e. The summed E-state index contributed by atoms with van der Waals surface area (Å²) in [6.45, 7) is 5.74. The van der Waals surface area contributed by atoms with Crippen LogP contribution in [0.3, 0.4) is 0 Å². The Morgan fingerprint density at radius 1 is 1.21 bits per heavy atom. The summed E-state index contributed by atoms with van der Waals surface area (Å²) in [6.07, 6.45) is 1.29. The fraction of sp³-hybridized carbons (Fsp3) is 0.538. The highest BCUT2D eigenvalue weighted by Gasteiger charge is 2.26. The number of rotatable bonds is 2. The van der Waals surface area contributed by atoms with Gasteiger partial charge in [-0.15, -0.1) is 0 Å². The largest absolute Gasteiger partial charge is 0.313 e. The molecule has 0 radical (unpaired) electrons. The van der Waals surface area contributed by atoms with Crippen LogP contribution in [-0.2, 0) is 0 Å². The summed E-state index contributed by atoms with van der Waals surface area (Å²) in [5.41, 5.74) is 1.49. The van der Waals surface area contributed by atoms with E-state index in [0.717, 1.165) is 18.4 Å². The van der Waals surface area contributed by atoms with Gasteiger partial charge in [-0.3, -0.25) is 0 Å². The molecule has 0 aliphatic carbocycles. The monoisotopic (exact) mass is 189 g/mol. The van der Waals surface area contributed by atoms with E-state index in [-0.39, 0.29) is 0 Å². The van der Waals surface area contributed by atoms with Crippen LogP contribution in [0.5, 0.6) is 0 Å². The Morgan fingerprint density at radius 3 is 2.50 bits per heavy atom. The predicted molar refractivity (Wildman–Crippen MR) is 60.4 cm³/mol. The molecule has 1 saturated heterocycles. The highest BCUT2D eigenvalue weighted by molar-refractivity contribution is 5.21. The molecule has 1 aliphatic heterocycles. The van der Waals surface area contributed by atoms with Gasteiger partial charge in [-0.05, 0) is 23.8 Å². The quantitative estimate of drug-likeness (QED) is 0.754. The van der Waals surface area contributed by atoms with Crippen LogP contribution in [0.1, 0.15) is 31.7 Å². The molecule has 1 heteroatoms. The van der Waals surface area contributed by atoms with Crippen molar-refractivity contribution >= 4 is 0 Å². The molecule has 76 valence electrons. The molecule has 1 aliphatic rings. The molecule has 0 amide bonds. The van der Waals surface area contributed by atoms with Crippen LogP contribution >= 0.6 is 0 Å². The maximum absolute atomic E-state index is 3.60. The summed E-state index contributed by atoms with van der Waals surface area (Å²) in [6, 6.07) is 11.6. The summed E-state index contributed by atoms with van der Waals surface area (Å²) in [4.78, 5) is 0. The minimum absolute atomic E-state index is 0.709. The van der Waals surface area contributed by atoms with E-state index in [4.69, 9.17) is 0 Å². The van der Waals surface area contributed by atoms with Gasteiger partial charge in [0.15, 0.2) is 0 Å². The molecule has 0 spiro atoms. The van der Waals surface area contributed by atoms with Crippen molar-refractivity contribution in [2.45, 2.75) is 32.2 Å². The van der Waals surface area contributed by atoms with Gasteiger partial charge >= 0.3 is 0 Å². The summed E-state index contributed by atoms with van der Waals surface area (Å²) >= 11 is 0. The second kappa shape index (κ2) is 4.14. The average molecular weight is 189 g/mol. The third-order valence-corrected chi connectivity index (χ3v) is 3.24. The van der Waals surface area contributed by atoms with Gasteiger partial charge in [-0.2, -0.15) is 0 Å². The van der Waals surface area contributed by atoms with Crippen LogP contribution in [0, 0.1) is 5.92 Å². The van der Waals surface area contributed by atoms with Crippen molar-refractivity contribution in [1.29, 1.82) is 0 Å². The zero-order valence-corrected chi connectivity index (χ0v) is 9.03. The summed E-state index contributed by atoms with van der Waals surface area (Å²) in [7, 11) is 0. The molecule has 0 bridgehead atoms. The van der Waals surface area contributed by atoms with Gasteiger partial charge < -0.3 is 5.32 Å². The molecule has 2 atom stereocenters. The number of hydrogen-bond donors (Lipinski definition) is 1. The lowest BCUT2D eigenvalue weighted by Crippen LogP contribution is -2.26. The lowest BCUT2D eigenvalue weighted by Gasteiger charge is -2.14. The van der Waals surface area contributed by atoms with E-state index in [1.165, 1.54) is 12.0 Å². The van der Waals surface area contributed by atoms with Crippen LogP contribution in [0.2, 0.25) is 0 Å². The number of benzene rings is 1. The molecular formula is C13H19N. The fourth-order valence-corrected chi connectivity index (χ4v) is 2.25. The van der Waals surface area contributed by atoms with Crippen molar-refractivity contribution in [2.75, 3.05) is 6.54 Å². The second-order valence-corrected chi connectivity index (χ2v) is 4.60. The van der Waals surface area contributed by atoms with Gasteiger partial charge in [0.05, 0.1) is 0 Å². The second-order valence-electron chi connectivity index (χ2n) is 4.60. The third-order valence-electron chi connectivity index (χ3n) is 3.24. The normalized spacial score (nSPS) is 27.1. The van der Waals surface area contributed by atoms with E-state index in [1.54, 1.807) is 0 Å². The van der Waals surface area contributed by atoms with Gasteiger partial charge in [-0.1, -0.05) is 44.2 Å². The molecule has 1 aromatic rings. The van der Waals surface area contributed by atoms with Crippen molar-refractivity contribution in [3.8, 4) is 0 Å². The van der Waals surface area contributed by atoms with Crippen LogP contribution in [0.15, 0.2) is 30.3 Å². The van der Waals surface area contributed by atoms with Crippen LogP contribution in [-0.4, -0.2) is 12.6 Å². The molecule has 0 aromatic heterocycles. The third kappa shape index (κ3) is 1.98. The Kier molecular flexibility index (Phi) is 2.87. The van der Waals surface area contributed by atoms with E-state index >= 15 is 0 Å². The van der Waals surface area contributed by atoms with E-state index in [1.807, 2.05) is 0 Å². The standard InChI is InChI=1S/C13H19N/c1-10(2)13-8-12(9-14-13)11-6-4-3-5-7-11/h3-7,10,12-14H,8-9H2,1-2H3/t12-,13+/m1/s1. The van der Waals surface area contributed by atoms with Crippen LogP contribution in [0.25, 0.3) is 0 Å². The molecule has 1 fully saturated rings. The Balaban J connectivity index is 2.03. The van der Waals surface area contributed by atoms with Crippen molar-refractivity contribution in [1.82, 2.24) is 5.32 Å². The predicted octanol–water partition coefficient (Wildman–Crippen LogP) is 2.79. The Morgan fingerprint density at radius 2 is 1.93 bits per heavy atom. The Labute approximate surface area is 86.5 Å². The molecule has 1 N–H and O–H groups in total. The maximum Gasteiger partial charge on any atom is 0.00966 e. The summed E-state index contributed by atoms with van der Waals surface area (Å²) < 4.78 is 0. The lowest BCUT2D eigenvalue weighted by molar-refractivity contribution is 0.449. The van der Waals surface area contributed by atoms with Gasteiger partial charge in [0.1, 0.15) is 0 Å². The highest BCUT2D eigenvalue weighted by Crippen LogP contribution is 2.28. The zero-order valence-electron chi connectivity index (χ0n) is 9.03. The SMILES string of the molecule is CC(C)[C@@H]1C[C@@H](c2ccccc2)CN1. The highest BCUT2D eigenvalue weighted by atomic mass is 15.0. The number of nitrogens with one attached hydrogen (secondary N) is 1. The molecule has 0 saturated carbocycles. The molecule has 1 heterocycles. The molecular weight excluding hydrogens is 170 g/mol. The number of hydrogen-bond acceptors (Lipinski definition) is 1. The van der Waals surface area contributed by atoms with E-state index in [2.05, 4.69) is 49.5 Å². The topological polar surface area (TPSA) is 12.0 Å². The van der Waals surface area contributed by atoms with E-state index in [0.29, 0.717) is 6.04 Å². The first kappa shape index (κ1) is 9.72. The van der Waals surface area contributed by atoms with Crippen molar-refractivity contribution in [3.05, 3.63) is 35.9 Å². The Bertz CT molecular complexity index is 279. The van der Waals surface area contributed by atoms with Crippen molar-refractivity contribution in [2.24, 2.45) is 5.92 Å². The minimum atomic E-state index is 0.709. The molecule has 1 nitrogen and oxygen atoms in total. The van der Waals surface area contributed by atoms with E-state index in [9.17, 15) is 0 Å². The minimum Gasteiger partial charge on any atom is -0.313 e. The average Bonchev–Trinajstić information content (AvgIpc) is 2.68. The van der Waals surface area contributed by atoms with Crippen molar-refractivity contribution < 1.29 is 0 Å². The zero-order chi connectivity index (χ0) is 9.97. The van der Waals surface area contributed by atoms with Crippen LogP contribution in [0.4, 0.5) is 0 Å². The molecule has 0 unspecified atom stereocenters. The van der Waals surface area contributed by atoms with Gasteiger partial charge in [0.25, 0.3) is 0 Å². The molecule has 14 heavy (non-hydrogen) atoms. The lowest BCUT2D eigenvalue weighted by atomic mass is 9.93. The maximum atomic E-state index is 3.60. The summed E-state index contributed by atoms with van der Waals surface area (Å²) in [5, 5.41) is 3.60. The van der Waals surface area contributed by atoms with Crippen LogP contribution < -0.4 is 5.32 Å². The first-order valence-electron chi connectivity index (χ1n) is 5.55. The summed E-state index contributed by atoms with van der Waals surface area (Å²) in [5.74, 6) is 1.48. The van der Waals surface area contributed by atoms with Crippen molar-refractivity contribution in [3.63, 3.8) is 0 Å². The first-order valence-corrected chi connectivity index (χ1v) is 5.55. The molecule has 1 aromatic carbocycles. The molecule has 2 rings (SSSR count). The first-order chi connectivity index (χ1) is 6.77. The Hall–Kier alpha value is -0.820. The van der Waals surface area contributed by atoms with Gasteiger partial charge in [-0.25, -0.2) is 0 Å². The fourth-order valence-electron chi connectivity index (χ4n) is 2.25. The van der Waals surface area contributed by atoms with E-state index < -0.39 is 0 Å². The van der Waals surface area contributed by atoms with Gasteiger partial charge in [0, 0.05) is 12.6 Å².